The van der Waals surface area contributed by atoms with Gasteiger partial charge >= 0.3 is 11.9 Å². The Morgan fingerprint density at radius 2 is 1.20 bits per heavy atom. The van der Waals surface area contributed by atoms with Crippen LogP contribution in [0.5, 0.6) is 11.5 Å². The molecule has 0 bridgehead atoms. The molecule has 0 spiro atoms. The predicted octanol–water partition coefficient (Wildman–Crippen LogP) is 4.88. The molecule has 2 aromatic carbocycles. The summed E-state index contributed by atoms with van der Waals surface area (Å²) >= 11 is 0. The standard InChI is InChI=1S/C23H30O6Si/c1-30(2,3)16-10-15-21(22(24)28-17-26-19-11-6-4-7-12-19)23(25)29-18-27-20-13-8-5-9-14-20/h4-9,11-14,21H,10,15-18H2,1-3H3. The minimum Gasteiger partial charge on any atom is -0.457 e. The van der Waals surface area contributed by atoms with Crippen molar-refractivity contribution in [2.75, 3.05) is 13.6 Å². The third kappa shape index (κ3) is 9.13. The fourth-order valence-electron chi connectivity index (χ4n) is 2.71. The van der Waals surface area contributed by atoms with E-state index in [0.29, 0.717) is 17.9 Å². The fraction of sp³-hybridized carbons (Fsp3) is 0.391. The number of para-hydroxylation sites is 2. The summed E-state index contributed by atoms with van der Waals surface area (Å²) in [5.41, 5.74) is 0. The average molecular weight is 431 g/mol. The van der Waals surface area contributed by atoms with Crippen molar-refractivity contribution in [3.05, 3.63) is 60.7 Å². The molecule has 2 aromatic rings. The maximum Gasteiger partial charge on any atom is 0.323 e. The minimum atomic E-state index is -1.29. The molecule has 0 atom stereocenters. The molecule has 0 aliphatic heterocycles. The highest BCUT2D eigenvalue weighted by Crippen LogP contribution is 2.19. The van der Waals surface area contributed by atoms with Crippen LogP contribution in [-0.4, -0.2) is 33.6 Å². The number of rotatable bonds is 12. The van der Waals surface area contributed by atoms with Gasteiger partial charge in [0.1, 0.15) is 11.5 Å². The second kappa shape index (κ2) is 12.0. The molecule has 7 heteroatoms. The molecule has 0 aliphatic rings. The van der Waals surface area contributed by atoms with Crippen molar-refractivity contribution in [2.24, 2.45) is 5.92 Å². The number of carbonyl (C=O) groups is 2. The molecular formula is C23H30O6Si. The molecule has 0 saturated carbocycles. The van der Waals surface area contributed by atoms with E-state index in [-0.39, 0.29) is 13.6 Å². The van der Waals surface area contributed by atoms with Crippen LogP contribution in [0, 0.1) is 5.92 Å². The SMILES string of the molecule is C[Si](C)(C)CCCC(C(=O)OCOc1ccccc1)C(=O)OCOc1ccccc1. The molecule has 0 radical (unpaired) electrons. The van der Waals surface area contributed by atoms with E-state index < -0.39 is 25.9 Å². The van der Waals surface area contributed by atoms with Crippen LogP contribution in [0.15, 0.2) is 60.7 Å². The van der Waals surface area contributed by atoms with E-state index in [9.17, 15) is 9.59 Å². The molecule has 0 aromatic heterocycles. The molecule has 162 valence electrons. The summed E-state index contributed by atoms with van der Waals surface area (Å²) in [7, 11) is -1.29. The van der Waals surface area contributed by atoms with Gasteiger partial charge in [0.2, 0.25) is 13.6 Å². The van der Waals surface area contributed by atoms with E-state index in [0.717, 1.165) is 12.5 Å². The van der Waals surface area contributed by atoms with Crippen LogP contribution < -0.4 is 9.47 Å². The first-order valence-corrected chi connectivity index (χ1v) is 13.7. The van der Waals surface area contributed by atoms with Crippen LogP contribution >= 0.6 is 0 Å². The van der Waals surface area contributed by atoms with Gasteiger partial charge in [-0.1, -0.05) is 68.5 Å². The van der Waals surface area contributed by atoms with Crippen molar-refractivity contribution >= 4 is 20.0 Å². The van der Waals surface area contributed by atoms with Gasteiger partial charge in [0, 0.05) is 8.07 Å². The molecule has 0 unspecified atom stereocenters. The first-order valence-electron chi connectivity index (χ1n) is 10.0. The first kappa shape index (κ1) is 23.5. The summed E-state index contributed by atoms with van der Waals surface area (Å²) in [6, 6.07) is 19.0. The van der Waals surface area contributed by atoms with Crippen molar-refractivity contribution in [3.63, 3.8) is 0 Å². The lowest BCUT2D eigenvalue weighted by molar-refractivity contribution is -0.169. The molecule has 30 heavy (non-hydrogen) atoms. The van der Waals surface area contributed by atoms with Gasteiger partial charge in [-0.05, 0) is 30.7 Å². The predicted molar refractivity (Wildman–Crippen MR) is 117 cm³/mol. The van der Waals surface area contributed by atoms with E-state index >= 15 is 0 Å². The minimum absolute atomic E-state index is 0.263. The second-order valence-electron chi connectivity index (χ2n) is 8.08. The molecule has 2 rings (SSSR count). The van der Waals surface area contributed by atoms with Crippen LogP contribution in [0.4, 0.5) is 0 Å². The van der Waals surface area contributed by atoms with Gasteiger partial charge in [0.25, 0.3) is 0 Å². The summed E-state index contributed by atoms with van der Waals surface area (Å²) in [6.07, 6.45) is 1.13. The highest BCUT2D eigenvalue weighted by atomic mass is 28.3. The fourth-order valence-corrected chi connectivity index (χ4v) is 3.98. The van der Waals surface area contributed by atoms with E-state index in [1.807, 2.05) is 36.4 Å². The van der Waals surface area contributed by atoms with E-state index in [4.69, 9.17) is 18.9 Å². The van der Waals surface area contributed by atoms with Crippen molar-refractivity contribution < 1.29 is 28.5 Å². The topological polar surface area (TPSA) is 71.1 Å². The van der Waals surface area contributed by atoms with E-state index in [1.165, 1.54) is 0 Å². The van der Waals surface area contributed by atoms with E-state index in [1.54, 1.807) is 24.3 Å². The van der Waals surface area contributed by atoms with Crippen LogP contribution in [0.25, 0.3) is 0 Å². The van der Waals surface area contributed by atoms with Crippen LogP contribution in [0.1, 0.15) is 12.8 Å². The normalized spacial score (nSPS) is 11.1. The monoisotopic (exact) mass is 430 g/mol. The Kier molecular flexibility index (Phi) is 9.41. The third-order valence-electron chi connectivity index (χ3n) is 4.33. The molecular weight excluding hydrogens is 400 g/mol. The Balaban J connectivity index is 1.87. The lowest BCUT2D eigenvalue weighted by Gasteiger charge is -2.19. The Morgan fingerprint density at radius 1 is 0.767 bits per heavy atom. The molecule has 0 fully saturated rings. The number of ether oxygens (including phenoxy) is 4. The second-order valence-corrected chi connectivity index (χ2v) is 13.7. The van der Waals surface area contributed by atoms with Crippen LogP contribution in [0.3, 0.4) is 0 Å². The summed E-state index contributed by atoms with van der Waals surface area (Å²) in [5, 5.41) is 0. The Labute approximate surface area is 179 Å². The molecule has 0 heterocycles. The number of hydrogen-bond donors (Lipinski definition) is 0. The number of benzene rings is 2. The summed E-state index contributed by atoms with van der Waals surface area (Å²) in [6.45, 7) is 6.22. The summed E-state index contributed by atoms with van der Waals surface area (Å²) in [4.78, 5) is 25.1. The highest BCUT2D eigenvalue weighted by molar-refractivity contribution is 6.76. The van der Waals surface area contributed by atoms with Gasteiger partial charge < -0.3 is 18.9 Å². The Hall–Kier alpha value is -2.80. The Morgan fingerprint density at radius 3 is 1.60 bits per heavy atom. The van der Waals surface area contributed by atoms with Gasteiger partial charge in [-0.25, -0.2) is 0 Å². The van der Waals surface area contributed by atoms with Crippen molar-refractivity contribution in [1.29, 1.82) is 0 Å². The average Bonchev–Trinajstić information content (AvgIpc) is 2.72. The zero-order valence-corrected chi connectivity index (χ0v) is 18.8. The maximum absolute atomic E-state index is 12.5. The van der Waals surface area contributed by atoms with Gasteiger partial charge in [-0.3, -0.25) is 9.59 Å². The van der Waals surface area contributed by atoms with Crippen molar-refractivity contribution in [2.45, 2.75) is 38.5 Å². The largest absolute Gasteiger partial charge is 0.457 e. The van der Waals surface area contributed by atoms with Crippen LogP contribution in [0.2, 0.25) is 25.7 Å². The first-order chi connectivity index (χ1) is 14.3. The summed E-state index contributed by atoms with van der Waals surface area (Å²) < 4.78 is 21.2. The van der Waals surface area contributed by atoms with Gasteiger partial charge in [0.05, 0.1) is 0 Å². The molecule has 0 saturated heterocycles. The molecule has 0 N–H and O–H groups in total. The lowest BCUT2D eigenvalue weighted by atomic mass is 10.0. The van der Waals surface area contributed by atoms with Crippen LogP contribution in [-0.2, 0) is 19.1 Å². The number of esters is 2. The lowest BCUT2D eigenvalue weighted by Crippen LogP contribution is -2.30. The Bertz CT molecular complexity index is 716. The maximum atomic E-state index is 12.5. The summed E-state index contributed by atoms with van der Waals surface area (Å²) in [5.74, 6) is -1.13. The zero-order chi connectivity index (χ0) is 21.8. The smallest absolute Gasteiger partial charge is 0.323 e. The van der Waals surface area contributed by atoms with Gasteiger partial charge in [-0.15, -0.1) is 0 Å². The number of hydrogen-bond acceptors (Lipinski definition) is 6. The quantitative estimate of drug-likeness (QED) is 0.207. The van der Waals surface area contributed by atoms with Gasteiger partial charge in [0.15, 0.2) is 5.92 Å². The number of carbonyl (C=O) groups excluding carboxylic acids is 2. The zero-order valence-electron chi connectivity index (χ0n) is 17.8. The molecule has 0 aliphatic carbocycles. The third-order valence-corrected chi connectivity index (χ3v) is 6.18. The van der Waals surface area contributed by atoms with Crippen molar-refractivity contribution in [1.82, 2.24) is 0 Å². The van der Waals surface area contributed by atoms with Gasteiger partial charge in [-0.2, -0.15) is 0 Å². The van der Waals surface area contributed by atoms with E-state index in [2.05, 4.69) is 19.6 Å². The highest BCUT2D eigenvalue weighted by Gasteiger charge is 2.30. The van der Waals surface area contributed by atoms with Crippen molar-refractivity contribution in [3.8, 4) is 11.5 Å². The molecule has 0 amide bonds. The molecule has 6 nitrogen and oxygen atoms in total.